The number of aromatic nitrogens is 2. The van der Waals surface area contributed by atoms with Crippen molar-refractivity contribution in [2.45, 2.75) is 44.1 Å². The zero-order valence-electron chi connectivity index (χ0n) is 12.3. The lowest BCUT2D eigenvalue weighted by Crippen LogP contribution is -2.50. The highest BCUT2D eigenvalue weighted by molar-refractivity contribution is 5.70. The van der Waals surface area contributed by atoms with Crippen molar-refractivity contribution in [3.05, 3.63) is 16.4 Å². The number of carboxylic acids is 1. The Labute approximate surface area is 122 Å². The maximum Gasteiger partial charge on any atom is 0.406 e. The van der Waals surface area contributed by atoms with E-state index in [2.05, 4.69) is 4.98 Å². The standard InChI is InChI=1S/C13H20N4O4/c1-15-9-14-11(17(20)21)12(15)16(2)13(8-10(18)19)6-4-3-5-7-13/h9H,3-8H2,1-2H3,(H,18,19). The van der Waals surface area contributed by atoms with Crippen molar-refractivity contribution in [3.8, 4) is 0 Å². The van der Waals surface area contributed by atoms with E-state index < -0.39 is 16.4 Å². The van der Waals surface area contributed by atoms with E-state index in [-0.39, 0.29) is 12.2 Å². The number of nitrogens with zero attached hydrogens (tertiary/aromatic N) is 4. The monoisotopic (exact) mass is 296 g/mol. The van der Waals surface area contributed by atoms with E-state index >= 15 is 0 Å². The van der Waals surface area contributed by atoms with Gasteiger partial charge < -0.3 is 20.1 Å². The summed E-state index contributed by atoms with van der Waals surface area (Å²) in [6.07, 6.45) is 5.75. The molecule has 1 N–H and O–H groups in total. The fraction of sp³-hybridized carbons (Fsp3) is 0.692. The first-order valence-electron chi connectivity index (χ1n) is 6.99. The summed E-state index contributed by atoms with van der Waals surface area (Å²) in [5.41, 5.74) is -0.581. The summed E-state index contributed by atoms with van der Waals surface area (Å²) in [7, 11) is 3.42. The van der Waals surface area contributed by atoms with Crippen LogP contribution in [0.1, 0.15) is 38.5 Å². The number of carbonyl (C=O) groups is 1. The summed E-state index contributed by atoms with van der Waals surface area (Å²) in [6.45, 7) is 0. The average molecular weight is 296 g/mol. The van der Waals surface area contributed by atoms with Gasteiger partial charge in [0.2, 0.25) is 12.1 Å². The van der Waals surface area contributed by atoms with Gasteiger partial charge in [0, 0.05) is 14.1 Å². The molecule has 21 heavy (non-hydrogen) atoms. The Hall–Kier alpha value is -2.12. The van der Waals surface area contributed by atoms with Crippen LogP contribution in [0.15, 0.2) is 6.33 Å². The van der Waals surface area contributed by atoms with Gasteiger partial charge in [-0.25, -0.2) is 0 Å². The lowest BCUT2D eigenvalue weighted by atomic mass is 9.78. The van der Waals surface area contributed by atoms with Crippen molar-refractivity contribution in [2.75, 3.05) is 11.9 Å². The minimum Gasteiger partial charge on any atom is -0.481 e. The van der Waals surface area contributed by atoms with Crippen LogP contribution < -0.4 is 4.90 Å². The van der Waals surface area contributed by atoms with Crippen molar-refractivity contribution < 1.29 is 14.8 Å². The Kier molecular flexibility index (Phi) is 4.15. The van der Waals surface area contributed by atoms with E-state index in [1.165, 1.54) is 6.33 Å². The van der Waals surface area contributed by atoms with Gasteiger partial charge in [0.1, 0.15) is 0 Å². The molecule has 1 aliphatic rings. The minimum absolute atomic E-state index is 0.0220. The van der Waals surface area contributed by atoms with Crippen LogP contribution in [0.25, 0.3) is 0 Å². The number of aryl methyl sites for hydroxylation is 1. The topological polar surface area (TPSA) is 101 Å². The zero-order chi connectivity index (χ0) is 15.6. The molecule has 0 aromatic carbocycles. The first-order valence-corrected chi connectivity index (χ1v) is 6.99. The normalized spacial score (nSPS) is 17.4. The van der Waals surface area contributed by atoms with Gasteiger partial charge in [-0.2, -0.15) is 0 Å². The molecule has 8 nitrogen and oxygen atoms in total. The predicted octanol–water partition coefficient (Wildman–Crippen LogP) is 1.94. The number of nitro groups is 1. The summed E-state index contributed by atoms with van der Waals surface area (Å²) >= 11 is 0. The molecule has 0 aliphatic heterocycles. The van der Waals surface area contributed by atoms with Gasteiger partial charge in [-0.05, 0) is 22.7 Å². The van der Waals surface area contributed by atoms with E-state index in [1.54, 1.807) is 23.6 Å². The maximum atomic E-state index is 11.3. The summed E-state index contributed by atoms with van der Waals surface area (Å²) < 4.78 is 1.58. The molecule has 8 heteroatoms. The molecule has 1 aromatic heterocycles. The van der Waals surface area contributed by atoms with Gasteiger partial charge in [-0.3, -0.25) is 9.36 Å². The van der Waals surface area contributed by atoms with Crippen LogP contribution in [0, 0.1) is 10.1 Å². The summed E-state index contributed by atoms with van der Waals surface area (Å²) in [5, 5.41) is 20.4. The smallest absolute Gasteiger partial charge is 0.406 e. The molecule has 2 rings (SSSR count). The highest BCUT2D eigenvalue weighted by Crippen LogP contribution is 2.40. The lowest BCUT2D eigenvalue weighted by molar-refractivity contribution is -0.388. The van der Waals surface area contributed by atoms with Gasteiger partial charge >= 0.3 is 11.8 Å². The van der Waals surface area contributed by atoms with E-state index in [0.717, 1.165) is 32.1 Å². The molecular formula is C13H20N4O4. The van der Waals surface area contributed by atoms with Gasteiger partial charge in [0.05, 0.1) is 12.0 Å². The highest BCUT2D eigenvalue weighted by atomic mass is 16.6. The van der Waals surface area contributed by atoms with Crippen LogP contribution in [0.2, 0.25) is 0 Å². The second-order valence-corrected chi connectivity index (χ2v) is 5.67. The van der Waals surface area contributed by atoms with E-state index in [1.807, 2.05) is 0 Å². The van der Waals surface area contributed by atoms with Gasteiger partial charge in [0.15, 0.2) is 0 Å². The number of hydrogen-bond donors (Lipinski definition) is 1. The zero-order valence-corrected chi connectivity index (χ0v) is 12.3. The largest absolute Gasteiger partial charge is 0.481 e. The second-order valence-electron chi connectivity index (χ2n) is 5.67. The third-order valence-electron chi connectivity index (χ3n) is 4.35. The molecule has 0 radical (unpaired) electrons. The fourth-order valence-electron chi connectivity index (χ4n) is 3.27. The highest BCUT2D eigenvalue weighted by Gasteiger charge is 2.42. The molecule has 0 atom stereocenters. The van der Waals surface area contributed by atoms with Crippen molar-refractivity contribution in [1.82, 2.24) is 9.55 Å². The molecule has 0 amide bonds. The molecule has 0 unspecified atom stereocenters. The second kappa shape index (κ2) is 5.71. The fourth-order valence-corrected chi connectivity index (χ4v) is 3.27. The Morgan fingerprint density at radius 1 is 1.52 bits per heavy atom. The quantitative estimate of drug-likeness (QED) is 0.658. The molecule has 0 saturated heterocycles. The Bertz CT molecular complexity index is 548. The predicted molar refractivity (Wildman–Crippen MR) is 76.3 cm³/mol. The molecule has 1 heterocycles. The van der Waals surface area contributed by atoms with Crippen LogP contribution in [-0.2, 0) is 11.8 Å². The molecular weight excluding hydrogens is 276 g/mol. The summed E-state index contributed by atoms with van der Waals surface area (Å²) in [4.78, 5) is 27.5. The van der Waals surface area contributed by atoms with Crippen molar-refractivity contribution in [1.29, 1.82) is 0 Å². The minimum atomic E-state index is -0.881. The number of hydrogen-bond acceptors (Lipinski definition) is 5. The average Bonchev–Trinajstić information content (AvgIpc) is 2.80. The number of aliphatic carboxylic acids is 1. The molecule has 0 spiro atoms. The van der Waals surface area contributed by atoms with E-state index in [0.29, 0.717) is 5.82 Å². The third kappa shape index (κ3) is 2.84. The molecule has 1 saturated carbocycles. The summed E-state index contributed by atoms with van der Waals surface area (Å²) in [5.74, 6) is -0.743. The first-order chi connectivity index (χ1) is 9.87. The van der Waals surface area contributed by atoms with Gasteiger partial charge in [-0.1, -0.05) is 19.3 Å². The van der Waals surface area contributed by atoms with Gasteiger partial charge in [0.25, 0.3) is 0 Å². The Morgan fingerprint density at radius 2 is 2.14 bits per heavy atom. The Morgan fingerprint density at radius 3 is 2.67 bits per heavy atom. The van der Waals surface area contributed by atoms with Gasteiger partial charge in [-0.15, -0.1) is 0 Å². The number of imidazole rings is 1. The molecule has 1 aromatic rings. The Balaban J connectivity index is 2.43. The van der Waals surface area contributed by atoms with Crippen LogP contribution in [-0.4, -0.2) is 38.1 Å². The number of carboxylic acid groups (broad SMARTS) is 1. The van der Waals surface area contributed by atoms with Crippen molar-refractivity contribution in [3.63, 3.8) is 0 Å². The van der Waals surface area contributed by atoms with Crippen LogP contribution >= 0.6 is 0 Å². The SMILES string of the molecule is CN(c1c([N+](=O)[O-])ncn1C)C1(CC(=O)O)CCCCC1. The first kappa shape index (κ1) is 15.3. The van der Waals surface area contributed by atoms with Crippen molar-refractivity contribution in [2.24, 2.45) is 7.05 Å². The van der Waals surface area contributed by atoms with E-state index in [9.17, 15) is 20.0 Å². The summed E-state index contributed by atoms with van der Waals surface area (Å²) in [6, 6.07) is 0. The molecule has 1 aliphatic carbocycles. The van der Waals surface area contributed by atoms with Crippen LogP contribution in [0.5, 0.6) is 0 Å². The molecule has 1 fully saturated rings. The van der Waals surface area contributed by atoms with Crippen LogP contribution in [0.3, 0.4) is 0 Å². The van der Waals surface area contributed by atoms with Crippen LogP contribution in [0.4, 0.5) is 11.6 Å². The van der Waals surface area contributed by atoms with E-state index in [4.69, 9.17) is 0 Å². The number of rotatable bonds is 5. The molecule has 0 bridgehead atoms. The maximum absolute atomic E-state index is 11.3. The van der Waals surface area contributed by atoms with Crippen molar-refractivity contribution >= 4 is 17.6 Å². The lowest BCUT2D eigenvalue weighted by Gasteiger charge is -2.44. The molecule has 116 valence electrons. The number of anilines is 1. The third-order valence-corrected chi connectivity index (χ3v) is 4.35.